The molecular formula is C31H38F4N2O7. The lowest BCUT2D eigenvalue weighted by atomic mass is 9.78. The molecule has 2 aromatic carbocycles. The van der Waals surface area contributed by atoms with Gasteiger partial charge in [-0.05, 0) is 49.2 Å². The van der Waals surface area contributed by atoms with Gasteiger partial charge in [0.05, 0.1) is 38.6 Å². The van der Waals surface area contributed by atoms with Crippen LogP contribution in [-0.4, -0.2) is 86.3 Å². The van der Waals surface area contributed by atoms with Gasteiger partial charge in [-0.3, -0.25) is 9.69 Å². The quantitative estimate of drug-likeness (QED) is 0.369. The molecule has 9 nitrogen and oxygen atoms in total. The monoisotopic (exact) mass is 626 g/mol. The number of hydrogen-bond acceptors (Lipinski definition) is 8. The lowest BCUT2D eigenvalue weighted by Gasteiger charge is -2.43. The first kappa shape index (κ1) is 32.6. The fourth-order valence-electron chi connectivity index (χ4n) is 5.86. The second kappa shape index (κ2) is 13.7. The molecule has 3 fully saturated rings. The summed E-state index contributed by atoms with van der Waals surface area (Å²) in [6.45, 7) is 7.34. The number of carbonyl (C=O) groups excluding carboxylic acids is 1. The minimum Gasteiger partial charge on any atom is -0.406 e. The number of benzene rings is 2. The van der Waals surface area contributed by atoms with Gasteiger partial charge in [-0.15, -0.1) is 13.2 Å². The van der Waals surface area contributed by atoms with Crippen LogP contribution < -0.4 is 10.1 Å². The number of alkyl halides is 3. The van der Waals surface area contributed by atoms with Crippen molar-refractivity contribution in [3.8, 4) is 5.75 Å². The van der Waals surface area contributed by atoms with Gasteiger partial charge in [0.2, 0.25) is 0 Å². The molecule has 0 radical (unpaired) electrons. The topological polar surface area (TPSA) is 87.7 Å². The van der Waals surface area contributed by atoms with Crippen molar-refractivity contribution in [3.63, 3.8) is 0 Å². The molecule has 2 aromatic rings. The maximum Gasteiger partial charge on any atom is 0.573 e. The second-order valence-corrected chi connectivity index (χ2v) is 11.7. The fraction of sp³-hybridized carbons (Fsp3) is 0.581. The van der Waals surface area contributed by atoms with Crippen molar-refractivity contribution in [2.45, 2.75) is 76.0 Å². The van der Waals surface area contributed by atoms with Crippen LogP contribution in [-0.2, 0) is 41.7 Å². The molecule has 1 saturated carbocycles. The lowest BCUT2D eigenvalue weighted by molar-refractivity contribution is -0.274. The van der Waals surface area contributed by atoms with Crippen LogP contribution in [0.3, 0.4) is 0 Å². The van der Waals surface area contributed by atoms with Gasteiger partial charge in [0.15, 0.2) is 11.4 Å². The van der Waals surface area contributed by atoms with Gasteiger partial charge in [0, 0.05) is 39.0 Å². The SMILES string of the molecule is CC1(C)O[C@@H]2C[C@@](OCc3ccc(F)cc3)(C(=O)NCCN3CCOCC3)CC(OCc3cccc(OC(F)(F)F)c3)[C@@H]2O1. The van der Waals surface area contributed by atoms with Gasteiger partial charge in [-0.25, -0.2) is 4.39 Å². The molecule has 242 valence electrons. The van der Waals surface area contributed by atoms with Crippen molar-refractivity contribution in [1.29, 1.82) is 0 Å². The van der Waals surface area contributed by atoms with E-state index in [0.717, 1.165) is 13.1 Å². The summed E-state index contributed by atoms with van der Waals surface area (Å²) in [5.41, 5.74) is -0.271. The summed E-state index contributed by atoms with van der Waals surface area (Å²) in [5, 5.41) is 3.03. The Balaban J connectivity index is 1.35. The summed E-state index contributed by atoms with van der Waals surface area (Å²) in [5.74, 6) is -2.05. The largest absolute Gasteiger partial charge is 0.573 e. The maximum absolute atomic E-state index is 14.0. The Morgan fingerprint density at radius 3 is 2.50 bits per heavy atom. The van der Waals surface area contributed by atoms with Crippen LogP contribution in [0.25, 0.3) is 0 Å². The molecule has 2 aliphatic heterocycles. The molecule has 5 rings (SSSR count). The zero-order valence-electron chi connectivity index (χ0n) is 24.7. The lowest BCUT2D eigenvalue weighted by Crippen LogP contribution is -2.60. The van der Waals surface area contributed by atoms with Crippen LogP contribution in [0, 0.1) is 5.82 Å². The second-order valence-electron chi connectivity index (χ2n) is 11.7. The van der Waals surface area contributed by atoms with Gasteiger partial charge >= 0.3 is 6.36 Å². The van der Waals surface area contributed by atoms with Gasteiger partial charge in [0.25, 0.3) is 5.91 Å². The van der Waals surface area contributed by atoms with Crippen LogP contribution in [0.2, 0.25) is 0 Å². The molecule has 3 aliphatic rings. The van der Waals surface area contributed by atoms with E-state index in [1.807, 2.05) is 0 Å². The summed E-state index contributed by atoms with van der Waals surface area (Å²) in [6, 6.07) is 11.4. The number of ether oxygens (including phenoxy) is 6. The number of amides is 1. The number of fused-ring (bicyclic) bond motifs is 1. The highest BCUT2D eigenvalue weighted by Gasteiger charge is 2.58. The molecule has 0 aromatic heterocycles. The molecule has 0 spiro atoms. The van der Waals surface area contributed by atoms with Gasteiger partial charge in [-0.1, -0.05) is 24.3 Å². The number of nitrogens with zero attached hydrogens (tertiary/aromatic N) is 1. The van der Waals surface area contributed by atoms with E-state index in [1.165, 1.54) is 30.3 Å². The fourth-order valence-corrected chi connectivity index (χ4v) is 5.86. The zero-order chi connectivity index (χ0) is 31.4. The normalized spacial score (nSPS) is 27.1. The highest BCUT2D eigenvalue weighted by molar-refractivity contribution is 5.85. The number of hydrogen-bond donors (Lipinski definition) is 1. The van der Waals surface area contributed by atoms with Crippen LogP contribution in [0.5, 0.6) is 5.75 Å². The Bertz CT molecular complexity index is 1260. The smallest absolute Gasteiger partial charge is 0.406 e. The summed E-state index contributed by atoms with van der Waals surface area (Å²) >= 11 is 0. The third-order valence-corrected chi connectivity index (χ3v) is 7.91. The van der Waals surface area contributed by atoms with E-state index >= 15 is 0 Å². The van der Waals surface area contributed by atoms with E-state index in [4.69, 9.17) is 23.7 Å². The zero-order valence-corrected chi connectivity index (χ0v) is 24.7. The molecule has 44 heavy (non-hydrogen) atoms. The number of nitrogens with one attached hydrogen (secondary N) is 1. The van der Waals surface area contributed by atoms with Crippen molar-refractivity contribution in [2.75, 3.05) is 39.4 Å². The molecule has 1 N–H and O–H groups in total. The van der Waals surface area contributed by atoms with Crippen LogP contribution in [0.15, 0.2) is 48.5 Å². The Kier molecular flexibility index (Phi) is 10.1. The Labute approximate surface area is 253 Å². The number of carbonyl (C=O) groups is 1. The minimum absolute atomic E-state index is 0.0301. The Morgan fingerprint density at radius 1 is 1.02 bits per heavy atom. The van der Waals surface area contributed by atoms with Crippen LogP contribution in [0.4, 0.5) is 17.6 Å². The van der Waals surface area contributed by atoms with Crippen molar-refractivity contribution >= 4 is 5.91 Å². The van der Waals surface area contributed by atoms with Gasteiger partial charge in [0.1, 0.15) is 17.7 Å². The summed E-state index contributed by atoms with van der Waals surface area (Å²) in [4.78, 5) is 16.2. The average Bonchev–Trinajstić information content (AvgIpc) is 3.29. The van der Waals surface area contributed by atoms with E-state index in [2.05, 4.69) is 15.0 Å². The Hall–Kier alpha value is -2.81. The molecule has 2 heterocycles. The standard InChI is InChI=1S/C31H38F4N2O7/c1-29(2)43-26-18-30(41-20-21-6-8-23(32)9-7-21,28(38)36-10-11-37-12-14-39-15-13-37)17-25(27(26)44-29)40-19-22-4-3-5-24(16-22)42-31(33,34)35/h3-9,16,25-27H,10-15,17-20H2,1-2H3,(H,36,38)/t25?,26-,27+,30-/m1/s1. The number of morpholine rings is 1. The third kappa shape index (κ3) is 8.67. The van der Waals surface area contributed by atoms with E-state index in [1.54, 1.807) is 32.0 Å². The summed E-state index contributed by atoms with van der Waals surface area (Å²) in [7, 11) is 0. The number of rotatable bonds is 11. The number of halogens is 4. The van der Waals surface area contributed by atoms with Crippen molar-refractivity contribution in [1.82, 2.24) is 10.2 Å². The first-order valence-electron chi connectivity index (χ1n) is 14.7. The molecule has 1 aliphatic carbocycles. The molecule has 1 unspecified atom stereocenters. The van der Waals surface area contributed by atoms with Crippen LogP contribution in [0.1, 0.15) is 37.8 Å². The van der Waals surface area contributed by atoms with Gasteiger partial charge < -0.3 is 33.7 Å². The maximum atomic E-state index is 14.0. The Morgan fingerprint density at radius 2 is 1.77 bits per heavy atom. The highest BCUT2D eigenvalue weighted by Crippen LogP contribution is 2.44. The molecule has 13 heteroatoms. The van der Waals surface area contributed by atoms with Crippen molar-refractivity contribution in [2.24, 2.45) is 0 Å². The van der Waals surface area contributed by atoms with E-state index in [-0.39, 0.29) is 43.5 Å². The van der Waals surface area contributed by atoms with E-state index in [0.29, 0.717) is 37.4 Å². The predicted molar refractivity (Wildman–Crippen MR) is 149 cm³/mol. The van der Waals surface area contributed by atoms with E-state index < -0.39 is 36.1 Å². The minimum atomic E-state index is -4.83. The van der Waals surface area contributed by atoms with Crippen molar-refractivity contribution < 1.29 is 50.8 Å². The molecule has 0 bridgehead atoms. The summed E-state index contributed by atoms with van der Waals surface area (Å²) < 4.78 is 86.4. The first-order valence-corrected chi connectivity index (χ1v) is 14.7. The van der Waals surface area contributed by atoms with Crippen LogP contribution >= 0.6 is 0 Å². The predicted octanol–water partition coefficient (Wildman–Crippen LogP) is 4.33. The van der Waals surface area contributed by atoms with E-state index in [9.17, 15) is 22.4 Å². The average molecular weight is 627 g/mol. The highest BCUT2D eigenvalue weighted by atomic mass is 19.4. The van der Waals surface area contributed by atoms with Gasteiger partial charge in [-0.2, -0.15) is 0 Å². The molecule has 4 atom stereocenters. The molecule has 1 amide bonds. The van der Waals surface area contributed by atoms with Crippen molar-refractivity contribution in [3.05, 3.63) is 65.5 Å². The first-order chi connectivity index (χ1) is 20.9. The molecule has 2 saturated heterocycles. The molecular weight excluding hydrogens is 588 g/mol. The third-order valence-electron chi connectivity index (χ3n) is 7.91. The summed E-state index contributed by atoms with van der Waals surface area (Å²) in [6.07, 6.45) is -6.38.